The van der Waals surface area contributed by atoms with E-state index in [1.165, 1.54) is 23.2 Å². The van der Waals surface area contributed by atoms with Crippen LogP contribution < -0.4 is 0 Å². The van der Waals surface area contributed by atoms with Crippen molar-refractivity contribution in [2.75, 3.05) is 6.54 Å². The van der Waals surface area contributed by atoms with Crippen molar-refractivity contribution in [3.8, 4) is 0 Å². The highest BCUT2D eigenvalue weighted by molar-refractivity contribution is 6.31. The van der Waals surface area contributed by atoms with E-state index in [2.05, 4.69) is 9.98 Å². The zero-order valence-corrected chi connectivity index (χ0v) is 15.0. The highest BCUT2D eigenvalue weighted by Gasteiger charge is 2.34. The predicted molar refractivity (Wildman–Crippen MR) is 92.6 cm³/mol. The zero-order chi connectivity index (χ0) is 19.5. The van der Waals surface area contributed by atoms with Gasteiger partial charge in [-0.05, 0) is 24.6 Å². The number of allylic oxidation sites excluding steroid dienone is 2. The number of aliphatic imine (C=N–C) groups is 1. The summed E-state index contributed by atoms with van der Waals surface area (Å²) in [5.74, 6) is -0.337. The first-order chi connectivity index (χ1) is 12.1. The molecule has 1 amide bonds. The van der Waals surface area contributed by atoms with Crippen LogP contribution in [0.1, 0.15) is 22.8 Å². The second-order valence-electron chi connectivity index (χ2n) is 5.48. The molecule has 0 saturated carbocycles. The van der Waals surface area contributed by atoms with Gasteiger partial charge in [0.25, 0.3) is 5.91 Å². The first-order valence-corrected chi connectivity index (χ1v) is 8.12. The van der Waals surface area contributed by atoms with E-state index in [4.69, 9.17) is 28.3 Å². The van der Waals surface area contributed by atoms with Gasteiger partial charge in [0.05, 0.1) is 23.9 Å². The average Bonchev–Trinajstić information content (AvgIpc) is 2.90. The van der Waals surface area contributed by atoms with Gasteiger partial charge < -0.3 is 10.0 Å². The highest BCUT2D eigenvalue weighted by Crippen LogP contribution is 2.30. The standard InChI is InChI=1S/C16H14Cl2F3N3O2/c1-9(10(4-11(17)7-25)5-22-8-16(19,20)21)24-6-13-12(15(24)26)2-3-23-14(13)18/h2-5,7,9,25H,6,8H2,1H3/b10-4+,11-7-,22-5-. The summed E-state index contributed by atoms with van der Waals surface area (Å²) in [5.41, 5.74) is 1.14. The van der Waals surface area contributed by atoms with Crippen LogP contribution in [0.25, 0.3) is 0 Å². The molecule has 0 aromatic carbocycles. The van der Waals surface area contributed by atoms with Crippen LogP contribution in [0.2, 0.25) is 5.15 Å². The molecule has 0 spiro atoms. The maximum atomic E-state index is 12.6. The summed E-state index contributed by atoms with van der Waals surface area (Å²) in [6.07, 6.45) is -0.240. The average molecular weight is 408 g/mol. The van der Waals surface area contributed by atoms with Crippen molar-refractivity contribution in [3.05, 3.63) is 51.5 Å². The fourth-order valence-electron chi connectivity index (χ4n) is 2.42. The summed E-state index contributed by atoms with van der Waals surface area (Å²) in [6.45, 7) is 0.381. The van der Waals surface area contributed by atoms with Crippen molar-refractivity contribution in [3.63, 3.8) is 0 Å². The maximum absolute atomic E-state index is 12.6. The molecule has 0 bridgehead atoms. The second-order valence-corrected chi connectivity index (χ2v) is 6.27. The quantitative estimate of drug-likeness (QED) is 0.343. The van der Waals surface area contributed by atoms with Crippen LogP contribution in [0.5, 0.6) is 0 Å². The van der Waals surface area contributed by atoms with E-state index in [0.717, 1.165) is 6.21 Å². The number of alkyl halides is 3. The van der Waals surface area contributed by atoms with Gasteiger partial charge in [-0.25, -0.2) is 4.98 Å². The van der Waals surface area contributed by atoms with Crippen LogP contribution >= 0.6 is 23.2 Å². The Bertz CT molecular complexity index is 791. The highest BCUT2D eigenvalue weighted by atomic mass is 35.5. The summed E-state index contributed by atoms with van der Waals surface area (Å²) >= 11 is 11.8. The van der Waals surface area contributed by atoms with Gasteiger partial charge >= 0.3 is 6.18 Å². The molecule has 0 aliphatic carbocycles. The molecule has 1 aromatic rings. The van der Waals surface area contributed by atoms with Gasteiger partial charge in [-0.1, -0.05) is 23.2 Å². The molecule has 5 nitrogen and oxygen atoms in total. The molecule has 0 radical (unpaired) electrons. The largest absolute Gasteiger partial charge is 0.514 e. The summed E-state index contributed by atoms with van der Waals surface area (Å²) in [5, 5.41) is 9.02. The number of carbonyl (C=O) groups is 1. The Kier molecular flexibility index (Phi) is 6.30. The molecule has 1 aliphatic heterocycles. The Hall–Kier alpha value is -2.06. The minimum Gasteiger partial charge on any atom is -0.514 e. The molecule has 1 unspecified atom stereocenters. The minimum atomic E-state index is -4.46. The molecule has 1 aliphatic rings. The third-order valence-electron chi connectivity index (χ3n) is 3.71. The summed E-state index contributed by atoms with van der Waals surface area (Å²) < 4.78 is 37.0. The monoisotopic (exact) mass is 407 g/mol. The number of amides is 1. The number of hydrogen-bond acceptors (Lipinski definition) is 4. The minimum absolute atomic E-state index is 0.117. The van der Waals surface area contributed by atoms with Crippen molar-refractivity contribution >= 4 is 35.3 Å². The number of fused-ring (bicyclic) bond motifs is 1. The van der Waals surface area contributed by atoms with E-state index in [1.54, 1.807) is 6.92 Å². The second kappa shape index (κ2) is 8.09. The number of aliphatic hydroxyl groups excluding tert-OH is 1. The smallest absolute Gasteiger partial charge is 0.407 e. The zero-order valence-electron chi connectivity index (χ0n) is 13.5. The third-order valence-corrected chi connectivity index (χ3v) is 4.24. The molecule has 10 heteroatoms. The molecule has 1 N–H and O–H groups in total. The van der Waals surface area contributed by atoms with E-state index >= 15 is 0 Å². The van der Waals surface area contributed by atoms with Gasteiger partial charge in [0.2, 0.25) is 0 Å². The van der Waals surface area contributed by atoms with Crippen molar-refractivity contribution in [1.29, 1.82) is 0 Å². The lowest BCUT2D eigenvalue weighted by Crippen LogP contribution is -2.35. The topological polar surface area (TPSA) is 65.8 Å². The number of rotatable bonds is 5. The summed E-state index contributed by atoms with van der Waals surface area (Å²) in [4.78, 5) is 21.3. The summed E-state index contributed by atoms with van der Waals surface area (Å²) in [7, 11) is 0. The molecular formula is C16H14Cl2F3N3O2. The molecule has 2 heterocycles. The maximum Gasteiger partial charge on any atom is 0.407 e. The van der Waals surface area contributed by atoms with Crippen molar-refractivity contribution < 1.29 is 23.1 Å². The number of aliphatic hydroxyl groups is 1. The molecule has 140 valence electrons. The van der Waals surface area contributed by atoms with E-state index in [-0.39, 0.29) is 28.2 Å². The van der Waals surface area contributed by atoms with Crippen molar-refractivity contribution in [2.45, 2.75) is 25.7 Å². The Morgan fingerprint density at radius 1 is 1.54 bits per heavy atom. The lowest BCUT2D eigenvalue weighted by molar-refractivity contribution is -0.118. The number of halogens is 5. The predicted octanol–water partition coefficient (Wildman–Crippen LogP) is 4.28. The van der Waals surface area contributed by atoms with Gasteiger partial charge in [-0.15, -0.1) is 0 Å². The fourth-order valence-corrected chi connectivity index (χ4v) is 2.77. The normalized spacial score (nSPS) is 17.2. The first kappa shape index (κ1) is 20.3. The number of pyridine rings is 1. The van der Waals surface area contributed by atoms with Crippen LogP contribution in [0, 0.1) is 0 Å². The molecule has 1 aromatic heterocycles. The first-order valence-electron chi connectivity index (χ1n) is 7.36. The number of hydrogen-bond donors (Lipinski definition) is 1. The van der Waals surface area contributed by atoms with Crippen molar-refractivity contribution in [1.82, 2.24) is 9.88 Å². The SMILES string of the molecule is CC(C(/C=N\CC(F)(F)F)=C/C(Cl)=C/O)N1Cc2c(ccnc2Cl)C1=O. The number of carbonyl (C=O) groups excluding carboxylic acids is 1. The van der Waals surface area contributed by atoms with Crippen LogP contribution in [-0.2, 0) is 6.54 Å². The molecule has 1 atom stereocenters. The Morgan fingerprint density at radius 2 is 2.23 bits per heavy atom. The van der Waals surface area contributed by atoms with Crippen LogP contribution in [0.15, 0.2) is 40.2 Å². The van der Waals surface area contributed by atoms with Crippen LogP contribution in [0.3, 0.4) is 0 Å². The van der Waals surface area contributed by atoms with Crippen LogP contribution in [0.4, 0.5) is 13.2 Å². The van der Waals surface area contributed by atoms with Gasteiger partial charge in [-0.2, -0.15) is 13.2 Å². The summed E-state index contributed by atoms with van der Waals surface area (Å²) in [6, 6.07) is 0.856. The van der Waals surface area contributed by atoms with E-state index in [1.807, 2.05) is 0 Å². The number of nitrogens with zero attached hydrogens (tertiary/aromatic N) is 3. The molecular weight excluding hydrogens is 394 g/mol. The van der Waals surface area contributed by atoms with Gasteiger partial charge in [-0.3, -0.25) is 9.79 Å². The van der Waals surface area contributed by atoms with Gasteiger partial charge in [0, 0.05) is 23.5 Å². The fraction of sp³-hybridized carbons (Fsp3) is 0.312. The van der Waals surface area contributed by atoms with Gasteiger partial charge in [0.15, 0.2) is 0 Å². The third kappa shape index (κ3) is 4.76. The van der Waals surface area contributed by atoms with Gasteiger partial charge in [0.1, 0.15) is 11.7 Å². The molecule has 0 fully saturated rings. The van der Waals surface area contributed by atoms with E-state index in [0.29, 0.717) is 17.4 Å². The molecule has 26 heavy (non-hydrogen) atoms. The Morgan fingerprint density at radius 3 is 2.81 bits per heavy atom. The van der Waals surface area contributed by atoms with Crippen molar-refractivity contribution in [2.24, 2.45) is 4.99 Å². The lowest BCUT2D eigenvalue weighted by atomic mass is 10.1. The lowest BCUT2D eigenvalue weighted by Gasteiger charge is -2.25. The van der Waals surface area contributed by atoms with E-state index in [9.17, 15) is 18.0 Å². The molecule has 0 saturated heterocycles. The Labute approximate surface area is 157 Å². The molecule has 2 rings (SSSR count). The number of aromatic nitrogens is 1. The Balaban J connectivity index is 2.30. The van der Waals surface area contributed by atoms with Crippen LogP contribution in [-0.4, -0.2) is 45.9 Å². The van der Waals surface area contributed by atoms with E-state index < -0.39 is 18.8 Å².